The predicted octanol–water partition coefficient (Wildman–Crippen LogP) is 2.85. The Bertz CT molecular complexity index is 882. The fourth-order valence-corrected chi connectivity index (χ4v) is 4.12. The zero-order chi connectivity index (χ0) is 20.1. The normalized spacial score (nSPS) is 15.1. The van der Waals surface area contributed by atoms with Crippen LogP contribution in [-0.4, -0.2) is 48.2 Å². The number of ether oxygens (including phenoxy) is 2. The summed E-state index contributed by atoms with van der Waals surface area (Å²) in [6.45, 7) is 2.26. The van der Waals surface area contributed by atoms with Gasteiger partial charge in [-0.15, -0.1) is 0 Å². The van der Waals surface area contributed by atoms with Crippen molar-refractivity contribution in [1.29, 1.82) is 0 Å². The summed E-state index contributed by atoms with van der Waals surface area (Å²) < 4.78 is 10.6. The largest absolute Gasteiger partial charge is 0.454 e. The second-order valence-electron chi connectivity index (χ2n) is 6.86. The first kappa shape index (κ1) is 19.4. The number of benzene rings is 2. The molecule has 0 saturated carbocycles. The van der Waals surface area contributed by atoms with E-state index in [1.54, 1.807) is 0 Å². The van der Waals surface area contributed by atoms with E-state index in [1.165, 1.54) is 0 Å². The van der Waals surface area contributed by atoms with Gasteiger partial charge in [0.25, 0.3) is 0 Å². The molecule has 3 amide bonds. The lowest BCUT2D eigenvalue weighted by Gasteiger charge is -2.26. The molecule has 0 atom stereocenters. The molecule has 0 bridgehead atoms. The van der Waals surface area contributed by atoms with Gasteiger partial charge in [0, 0.05) is 36.8 Å². The molecule has 1 saturated heterocycles. The van der Waals surface area contributed by atoms with Crippen molar-refractivity contribution < 1.29 is 19.1 Å². The van der Waals surface area contributed by atoms with Crippen LogP contribution < -0.4 is 20.1 Å². The molecule has 0 radical (unpaired) electrons. The first-order valence-electron chi connectivity index (χ1n) is 9.55. The van der Waals surface area contributed by atoms with Crippen LogP contribution in [0, 0.1) is 0 Å². The van der Waals surface area contributed by atoms with Gasteiger partial charge in [0.05, 0.1) is 6.42 Å². The van der Waals surface area contributed by atoms with E-state index in [-0.39, 0.29) is 18.7 Å². The Hall–Kier alpha value is -2.87. The van der Waals surface area contributed by atoms with Crippen molar-refractivity contribution in [3.8, 4) is 11.5 Å². The Labute approximate surface area is 173 Å². The third-order valence-electron chi connectivity index (χ3n) is 4.82. The number of thioether (sulfide) groups is 1. The molecule has 4 rings (SSSR count). The molecule has 0 aliphatic carbocycles. The monoisotopic (exact) mass is 413 g/mol. The second-order valence-corrected chi connectivity index (χ2v) is 8.09. The molecule has 152 valence electrons. The first-order valence-corrected chi connectivity index (χ1v) is 10.7. The molecule has 2 heterocycles. The van der Waals surface area contributed by atoms with Crippen LogP contribution in [0.15, 0.2) is 42.5 Å². The summed E-state index contributed by atoms with van der Waals surface area (Å²) in [6.07, 6.45) is 0.390. The number of fused-ring (bicyclic) bond motifs is 1. The minimum Gasteiger partial charge on any atom is -0.454 e. The smallest absolute Gasteiger partial charge is 0.319 e. The summed E-state index contributed by atoms with van der Waals surface area (Å²) in [6, 6.07) is 12.7. The predicted molar refractivity (Wildman–Crippen MR) is 112 cm³/mol. The maximum absolute atomic E-state index is 12.3. The molecule has 7 nitrogen and oxygen atoms in total. The van der Waals surface area contributed by atoms with Gasteiger partial charge in [0.1, 0.15) is 0 Å². The lowest BCUT2D eigenvalue weighted by molar-refractivity contribution is -0.130. The third-order valence-corrected chi connectivity index (χ3v) is 5.76. The van der Waals surface area contributed by atoms with Gasteiger partial charge in [0.2, 0.25) is 12.7 Å². The highest BCUT2D eigenvalue weighted by Crippen LogP contribution is 2.32. The summed E-state index contributed by atoms with van der Waals surface area (Å²) in [7, 11) is 0. The van der Waals surface area contributed by atoms with Gasteiger partial charge < -0.3 is 25.0 Å². The van der Waals surface area contributed by atoms with Crippen LogP contribution in [0.2, 0.25) is 0 Å². The number of nitrogens with zero attached hydrogens (tertiary/aromatic N) is 1. The number of amides is 3. The van der Waals surface area contributed by atoms with E-state index in [0.29, 0.717) is 24.4 Å². The van der Waals surface area contributed by atoms with Crippen LogP contribution in [0.1, 0.15) is 11.1 Å². The molecule has 8 heteroatoms. The Morgan fingerprint density at radius 2 is 1.69 bits per heavy atom. The lowest BCUT2D eigenvalue weighted by atomic mass is 10.1. The van der Waals surface area contributed by atoms with Crippen LogP contribution in [0.5, 0.6) is 11.5 Å². The second kappa shape index (κ2) is 9.09. The Kier molecular flexibility index (Phi) is 6.09. The van der Waals surface area contributed by atoms with Gasteiger partial charge in [-0.25, -0.2) is 4.79 Å². The van der Waals surface area contributed by atoms with Gasteiger partial charge >= 0.3 is 6.03 Å². The van der Waals surface area contributed by atoms with Crippen LogP contribution in [0.4, 0.5) is 10.5 Å². The highest BCUT2D eigenvalue weighted by atomic mass is 32.2. The minimum atomic E-state index is -0.294. The molecule has 2 N–H and O–H groups in total. The highest BCUT2D eigenvalue weighted by Gasteiger charge is 2.17. The summed E-state index contributed by atoms with van der Waals surface area (Å²) in [5, 5.41) is 5.62. The molecular formula is C21H23N3O4S. The number of anilines is 1. The Morgan fingerprint density at radius 1 is 0.966 bits per heavy atom. The van der Waals surface area contributed by atoms with Gasteiger partial charge in [-0.1, -0.05) is 18.2 Å². The molecule has 2 aromatic rings. The number of hydrogen-bond donors (Lipinski definition) is 2. The number of nitrogens with one attached hydrogen (secondary N) is 2. The van der Waals surface area contributed by atoms with Crippen molar-refractivity contribution >= 4 is 29.4 Å². The van der Waals surface area contributed by atoms with Gasteiger partial charge in [-0.05, 0) is 35.4 Å². The van der Waals surface area contributed by atoms with Crippen molar-refractivity contribution in [3.05, 3.63) is 53.6 Å². The number of hydrogen-bond acceptors (Lipinski definition) is 5. The maximum Gasteiger partial charge on any atom is 0.319 e. The summed E-state index contributed by atoms with van der Waals surface area (Å²) in [5.74, 6) is 3.59. The van der Waals surface area contributed by atoms with Crippen molar-refractivity contribution in [1.82, 2.24) is 10.2 Å². The fraction of sp³-hybridized carbons (Fsp3) is 0.333. The molecule has 0 aromatic heterocycles. The Morgan fingerprint density at radius 3 is 2.48 bits per heavy atom. The van der Waals surface area contributed by atoms with Crippen molar-refractivity contribution in [2.24, 2.45) is 0 Å². The summed E-state index contributed by atoms with van der Waals surface area (Å²) in [5.41, 5.74) is 2.55. The van der Waals surface area contributed by atoms with E-state index in [0.717, 1.165) is 41.5 Å². The molecule has 0 spiro atoms. The highest BCUT2D eigenvalue weighted by molar-refractivity contribution is 7.99. The zero-order valence-electron chi connectivity index (χ0n) is 16.0. The van der Waals surface area contributed by atoms with Crippen LogP contribution >= 0.6 is 11.8 Å². The topological polar surface area (TPSA) is 79.9 Å². The standard InChI is InChI=1S/C21H23N3O4S/c25-20(24-7-9-29-10-8-24)12-15-1-4-17(5-2-15)23-21(26)22-13-16-3-6-18-19(11-16)28-14-27-18/h1-6,11H,7-10,12-14H2,(H2,22,23,26). The minimum absolute atomic E-state index is 0.160. The number of urea groups is 1. The SMILES string of the molecule is O=C(NCc1ccc2c(c1)OCO2)Nc1ccc(CC(=O)N2CCSCC2)cc1. The van der Waals surface area contributed by atoms with E-state index in [2.05, 4.69) is 10.6 Å². The fourth-order valence-electron chi connectivity index (χ4n) is 3.21. The molecule has 1 fully saturated rings. The zero-order valence-corrected chi connectivity index (χ0v) is 16.8. The first-order chi connectivity index (χ1) is 14.2. The molecule has 2 aromatic carbocycles. The van der Waals surface area contributed by atoms with Crippen LogP contribution in [0.25, 0.3) is 0 Å². The number of rotatable bonds is 5. The van der Waals surface area contributed by atoms with Crippen molar-refractivity contribution in [2.45, 2.75) is 13.0 Å². The molecule has 0 unspecified atom stereocenters. The molecule has 2 aliphatic rings. The van der Waals surface area contributed by atoms with E-state index in [4.69, 9.17) is 9.47 Å². The van der Waals surface area contributed by atoms with Gasteiger partial charge in [0.15, 0.2) is 11.5 Å². The number of carbonyl (C=O) groups excluding carboxylic acids is 2. The average Bonchev–Trinajstić information content (AvgIpc) is 3.22. The lowest BCUT2D eigenvalue weighted by Crippen LogP contribution is -2.38. The average molecular weight is 413 g/mol. The van der Waals surface area contributed by atoms with Crippen molar-refractivity contribution in [3.63, 3.8) is 0 Å². The third kappa shape index (κ3) is 5.14. The van der Waals surface area contributed by atoms with E-state index >= 15 is 0 Å². The quantitative estimate of drug-likeness (QED) is 0.788. The van der Waals surface area contributed by atoms with E-state index in [1.807, 2.05) is 59.1 Å². The molecular weight excluding hydrogens is 390 g/mol. The summed E-state index contributed by atoms with van der Waals surface area (Å²) in [4.78, 5) is 26.4. The maximum atomic E-state index is 12.3. The molecule has 2 aliphatic heterocycles. The van der Waals surface area contributed by atoms with Gasteiger partial charge in [-0.3, -0.25) is 4.79 Å². The molecule has 29 heavy (non-hydrogen) atoms. The van der Waals surface area contributed by atoms with E-state index < -0.39 is 0 Å². The summed E-state index contributed by atoms with van der Waals surface area (Å²) >= 11 is 1.89. The van der Waals surface area contributed by atoms with Crippen LogP contribution in [-0.2, 0) is 17.8 Å². The van der Waals surface area contributed by atoms with Crippen molar-refractivity contribution in [2.75, 3.05) is 36.7 Å². The number of carbonyl (C=O) groups is 2. The van der Waals surface area contributed by atoms with Gasteiger partial charge in [-0.2, -0.15) is 11.8 Å². The van der Waals surface area contributed by atoms with E-state index in [9.17, 15) is 9.59 Å². The van der Waals surface area contributed by atoms with Crippen LogP contribution in [0.3, 0.4) is 0 Å². The Balaban J connectivity index is 1.24.